The van der Waals surface area contributed by atoms with Gasteiger partial charge in [0.1, 0.15) is 5.82 Å². The van der Waals surface area contributed by atoms with E-state index in [1.54, 1.807) is 12.1 Å². The van der Waals surface area contributed by atoms with Crippen LogP contribution in [0.4, 0.5) is 4.39 Å². The molecule has 26 heavy (non-hydrogen) atoms. The average molecular weight is 381 g/mol. The van der Waals surface area contributed by atoms with Gasteiger partial charge in [0.15, 0.2) is 0 Å². The van der Waals surface area contributed by atoms with Gasteiger partial charge in [-0.1, -0.05) is 78.9 Å². The van der Waals surface area contributed by atoms with Crippen molar-refractivity contribution in [2.45, 2.75) is 24.2 Å². The van der Waals surface area contributed by atoms with E-state index in [-0.39, 0.29) is 5.82 Å². The minimum atomic E-state index is -0.465. The lowest BCUT2D eigenvalue weighted by molar-refractivity contribution is 0.636. The Kier molecular flexibility index (Phi) is 5.75. The Morgan fingerprint density at radius 2 is 1.23 bits per heavy atom. The third-order valence-corrected chi connectivity index (χ3v) is 9.56. The Morgan fingerprint density at radius 3 is 1.77 bits per heavy atom. The van der Waals surface area contributed by atoms with Crippen molar-refractivity contribution in [1.29, 1.82) is 0 Å². The van der Waals surface area contributed by atoms with Gasteiger partial charge in [0.2, 0.25) is 0 Å². The van der Waals surface area contributed by atoms with Crippen LogP contribution in [0.5, 0.6) is 0 Å². The molecule has 0 aromatic heterocycles. The van der Waals surface area contributed by atoms with E-state index in [1.807, 2.05) is 12.1 Å². The molecule has 0 radical (unpaired) electrons. The van der Waals surface area contributed by atoms with E-state index in [0.717, 1.165) is 5.30 Å². The first kappa shape index (κ1) is 17.8. The van der Waals surface area contributed by atoms with Crippen LogP contribution in [0.3, 0.4) is 0 Å². The summed E-state index contributed by atoms with van der Waals surface area (Å²) in [5, 5.41) is 0.778. The fourth-order valence-corrected chi connectivity index (χ4v) is 8.56. The molecule has 1 N–H and O–H groups in total. The maximum absolute atomic E-state index is 14.1. The summed E-state index contributed by atoms with van der Waals surface area (Å²) in [5.74, 6) is -0.111. The van der Waals surface area contributed by atoms with Crippen molar-refractivity contribution in [3.63, 3.8) is 0 Å². The number of hydrogen-bond donors (Lipinski definition) is 1. The minimum Gasteiger partial charge on any atom is -0.271 e. The van der Waals surface area contributed by atoms with Gasteiger partial charge < -0.3 is 0 Å². The SMILES string of the molecule is Fc1ccccc1PNP1[C@@H](c2ccccc2)CC[C@@H]1c1ccccc1. The zero-order valence-electron chi connectivity index (χ0n) is 14.5. The highest BCUT2D eigenvalue weighted by molar-refractivity contribution is 7.67. The molecule has 3 atom stereocenters. The summed E-state index contributed by atoms with van der Waals surface area (Å²) in [7, 11) is -0.162. The van der Waals surface area contributed by atoms with Crippen LogP contribution in [0.15, 0.2) is 84.9 Å². The van der Waals surface area contributed by atoms with Gasteiger partial charge in [-0.05, 0) is 46.8 Å². The highest BCUT2D eigenvalue weighted by Gasteiger charge is 2.37. The van der Waals surface area contributed by atoms with Gasteiger partial charge in [-0.15, -0.1) is 0 Å². The van der Waals surface area contributed by atoms with Gasteiger partial charge in [0, 0.05) is 16.6 Å². The van der Waals surface area contributed by atoms with Gasteiger partial charge in [0.05, 0.1) is 0 Å². The zero-order valence-corrected chi connectivity index (χ0v) is 16.4. The molecule has 1 aliphatic heterocycles. The topological polar surface area (TPSA) is 12.0 Å². The quantitative estimate of drug-likeness (QED) is 0.511. The molecule has 1 fully saturated rings. The van der Waals surface area contributed by atoms with Crippen LogP contribution in [0, 0.1) is 5.82 Å². The third-order valence-electron chi connectivity index (χ3n) is 4.95. The summed E-state index contributed by atoms with van der Waals surface area (Å²) >= 11 is 0. The fraction of sp³-hybridized carbons (Fsp3) is 0.182. The van der Waals surface area contributed by atoms with E-state index in [0.29, 0.717) is 20.0 Å². The predicted octanol–water partition coefficient (Wildman–Crippen LogP) is 6.31. The molecule has 4 heteroatoms. The van der Waals surface area contributed by atoms with Gasteiger partial charge in [-0.3, -0.25) is 4.86 Å². The predicted molar refractivity (Wildman–Crippen MR) is 112 cm³/mol. The molecule has 1 aliphatic rings. The van der Waals surface area contributed by atoms with Crippen LogP contribution in [-0.4, -0.2) is 0 Å². The van der Waals surface area contributed by atoms with Crippen LogP contribution in [0.2, 0.25) is 0 Å². The Balaban J connectivity index is 1.60. The molecule has 0 aliphatic carbocycles. The lowest BCUT2D eigenvalue weighted by Gasteiger charge is -2.27. The van der Waals surface area contributed by atoms with Crippen LogP contribution in [0.25, 0.3) is 0 Å². The van der Waals surface area contributed by atoms with Crippen molar-refractivity contribution < 1.29 is 4.39 Å². The van der Waals surface area contributed by atoms with Gasteiger partial charge >= 0.3 is 0 Å². The van der Waals surface area contributed by atoms with E-state index in [2.05, 4.69) is 65.5 Å². The first-order valence-corrected chi connectivity index (χ1v) is 11.5. The highest BCUT2D eigenvalue weighted by Crippen LogP contribution is 2.68. The number of halogens is 1. The van der Waals surface area contributed by atoms with Crippen molar-refractivity contribution in [3.05, 3.63) is 102 Å². The molecule has 0 amide bonds. The van der Waals surface area contributed by atoms with E-state index < -0.39 is 8.07 Å². The fourth-order valence-electron chi connectivity index (χ4n) is 3.66. The minimum absolute atomic E-state index is 0.111. The second-order valence-corrected chi connectivity index (χ2v) is 10.3. The lowest BCUT2D eigenvalue weighted by atomic mass is 10.0. The molecule has 1 unspecified atom stereocenters. The van der Waals surface area contributed by atoms with E-state index in [1.165, 1.54) is 24.0 Å². The Labute approximate surface area is 157 Å². The first-order valence-electron chi connectivity index (χ1n) is 8.97. The molecule has 0 bridgehead atoms. The summed E-state index contributed by atoms with van der Waals surface area (Å²) in [6.07, 6.45) is 2.37. The zero-order chi connectivity index (χ0) is 17.8. The standard InChI is InChI=1S/C22H22FNP2/c23-19-13-7-8-14-20(19)25-24-26-21(17-9-3-1-4-10-17)15-16-22(26)18-11-5-2-6-12-18/h1-14,21-22,24-25H,15-16H2/t21-,22-/m1/s1. The lowest BCUT2D eigenvalue weighted by Crippen LogP contribution is -2.10. The van der Waals surface area contributed by atoms with Crippen LogP contribution < -0.4 is 10.2 Å². The van der Waals surface area contributed by atoms with Crippen molar-refractivity contribution in [1.82, 2.24) is 4.86 Å². The van der Waals surface area contributed by atoms with E-state index in [4.69, 9.17) is 0 Å². The summed E-state index contributed by atoms with van der Waals surface area (Å²) in [6, 6.07) is 28.7. The van der Waals surface area contributed by atoms with E-state index in [9.17, 15) is 4.39 Å². The molecule has 4 rings (SSSR count). The summed E-state index contributed by atoms with van der Waals surface area (Å²) < 4.78 is 14.1. The molecule has 1 nitrogen and oxygen atoms in total. The van der Waals surface area contributed by atoms with Crippen LogP contribution in [0.1, 0.15) is 35.3 Å². The Morgan fingerprint density at radius 1 is 0.731 bits per heavy atom. The first-order chi connectivity index (χ1) is 12.8. The summed E-state index contributed by atoms with van der Waals surface area (Å²) in [5.41, 5.74) is 3.86. The maximum Gasteiger partial charge on any atom is 0.131 e. The Hall–Kier alpha value is -1.59. The van der Waals surface area contributed by atoms with Crippen LogP contribution in [-0.2, 0) is 0 Å². The van der Waals surface area contributed by atoms with Gasteiger partial charge in [-0.25, -0.2) is 4.39 Å². The average Bonchev–Trinajstić information content (AvgIpc) is 3.12. The maximum atomic E-state index is 14.1. The van der Waals surface area contributed by atoms with Crippen LogP contribution >= 0.6 is 16.8 Å². The molecule has 0 spiro atoms. The molecule has 1 saturated heterocycles. The second kappa shape index (κ2) is 8.40. The van der Waals surface area contributed by atoms with Gasteiger partial charge in [0.25, 0.3) is 0 Å². The second-order valence-electron chi connectivity index (χ2n) is 6.55. The smallest absolute Gasteiger partial charge is 0.131 e. The van der Waals surface area contributed by atoms with Crippen molar-refractivity contribution in [2.75, 3.05) is 0 Å². The monoisotopic (exact) mass is 381 g/mol. The number of rotatable bonds is 5. The number of benzene rings is 3. The van der Waals surface area contributed by atoms with Crippen molar-refractivity contribution in [2.24, 2.45) is 0 Å². The molecular formula is C22H22FNP2. The third kappa shape index (κ3) is 3.89. The van der Waals surface area contributed by atoms with Crippen molar-refractivity contribution >= 4 is 22.1 Å². The molecule has 3 aromatic rings. The Bertz CT molecular complexity index is 794. The molecular weight excluding hydrogens is 359 g/mol. The molecule has 0 saturated carbocycles. The number of hydrogen-bond acceptors (Lipinski definition) is 1. The molecule has 1 heterocycles. The van der Waals surface area contributed by atoms with Gasteiger partial charge in [-0.2, -0.15) is 0 Å². The normalized spacial score (nSPS) is 20.8. The van der Waals surface area contributed by atoms with E-state index >= 15 is 0 Å². The number of nitrogens with one attached hydrogen (secondary N) is 1. The highest BCUT2D eigenvalue weighted by atomic mass is 31.2. The summed E-state index contributed by atoms with van der Waals surface area (Å²) in [6.45, 7) is 0. The molecule has 132 valence electrons. The molecule has 3 aromatic carbocycles. The summed E-state index contributed by atoms with van der Waals surface area (Å²) in [4.78, 5) is 3.79. The van der Waals surface area contributed by atoms with Crippen molar-refractivity contribution in [3.8, 4) is 0 Å². The largest absolute Gasteiger partial charge is 0.271 e.